The number of nitrogens with zero attached hydrogens (tertiary/aromatic N) is 3. The van der Waals surface area contributed by atoms with E-state index >= 15 is 0 Å². The molecule has 1 aromatic rings. The molecular weight excluding hydrogens is 230 g/mol. The van der Waals surface area contributed by atoms with Crippen molar-refractivity contribution in [1.82, 2.24) is 9.97 Å². The van der Waals surface area contributed by atoms with Crippen LogP contribution in [0.1, 0.15) is 17.7 Å². The number of hydrogen-bond acceptors (Lipinski definition) is 5. The van der Waals surface area contributed by atoms with Crippen molar-refractivity contribution in [1.29, 1.82) is 0 Å². The van der Waals surface area contributed by atoms with Gasteiger partial charge in [0, 0.05) is 38.1 Å². The number of ether oxygens (including phenoxy) is 2. The zero-order chi connectivity index (χ0) is 13.0. The molecule has 5 heteroatoms. The maximum Gasteiger partial charge on any atom is 0.135 e. The van der Waals surface area contributed by atoms with Crippen molar-refractivity contribution in [3.63, 3.8) is 0 Å². The van der Waals surface area contributed by atoms with Crippen LogP contribution in [0.3, 0.4) is 0 Å². The highest BCUT2D eigenvalue weighted by atomic mass is 16.5. The Balaban J connectivity index is 2.06. The molecule has 18 heavy (non-hydrogen) atoms. The van der Waals surface area contributed by atoms with Crippen LogP contribution in [0.2, 0.25) is 0 Å². The molecule has 0 bridgehead atoms. The van der Waals surface area contributed by atoms with E-state index in [1.165, 1.54) is 0 Å². The Morgan fingerprint density at radius 2 is 2.28 bits per heavy atom. The first-order valence-electron chi connectivity index (χ1n) is 6.36. The standard InChI is InChI=1S/C13H21N3O2/c1-10-11(2)14-9-15-13(10)16-5-7-18-12(8-16)4-6-17-3/h9,12H,4-8H2,1-3H3/t12-/m0/s1. The third-order valence-corrected chi connectivity index (χ3v) is 3.39. The predicted molar refractivity (Wildman–Crippen MR) is 70.0 cm³/mol. The van der Waals surface area contributed by atoms with Crippen molar-refractivity contribution in [2.24, 2.45) is 0 Å². The molecule has 1 aromatic heterocycles. The average molecular weight is 251 g/mol. The molecule has 1 aliphatic heterocycles. The van der Waals surface area contributed by atoms with E-state index in [0.29, 0.717) is 0 Å². The summed E-state index contributed by atoms with van der Waals surface area (Å²) < 4.78 is 10.8. The van der Waals surface area contributed by atoms with E-state index in [0.717, 1.165) is 49.8 Å². The topological polar surface area (TPSA) is 47.5 Å². The monoisotopic (exact) mass is 251 g/mol. The van der Waals surface area contributed by atoms with Crippen LogP contribution in [0.4, 0.5) is 5.82 Å². The molecule has 0 spiro atoms. The molecule has 0 N–H and O–H groups in total. The van der Waals surface area contributed by atoms with E-state index in [4.69, 9.17) is 9.47 Å². The molecule has 2 rings (SSSR count). The quantitative estimate of drug-likeness (QED) is 0.808. The van der Waals surface area contributed by atoms with Gasteiger partial charge in [-0.25, -0.2) is 9.97 Å². The number of aromatic nitrogens is 2. The van der Waals surface area contributed by atoms with Crippen molar-refractivity contribution >= 4 is 5.82 Å². The van der Waals surface area contributed by atoms with E-state index in [2.05, 4.69) is 21.8 Å². The number of anilines is 1. The van der Waals surface area contributed by atoms with Crippen LogP contribution in [0.25, 0.3) is 0 Å². The van der Waals surface area contributed by atoms with E-state index < -0.39 is 0 Å². The van der Waals surface area contributed by atoms with Crippen LogP contribution in [-0.4, -0.2) is 49.5 Å². The van der Waals surface area contributed by atoms with Gasteiger partial charge < -0.3 is 14.4 Å². The molecule has 0 aromatic carbocycles. The highest BCUT2D eigenvalue weighted by molar-refractivity contribution is 5.47. The largest absolute Gasteiger partial charge is 0.385 e. The minimum Gasteiger partial charge on any atom is -0.385 e. The fraction of sp³-hybridized carbons (Fsp3) is 0.692. The van der Waals surface area contributed by atoms with E-state index in [1.807, 2.05) is 6.92 Å². The summed E-state index contributed by atoms with van der Waals surface area (Å²) in [6, 6.07) is 0. The smallest absolute Gasteiger partial charge is 0.135 e. The molecule has 5 nitrogen and oxygen atoms in total. The fourth-order valence-electron chi connectivity index (χ4n) is 2.18. The lowest BCUT2D eigenvalue weighted by molar-refractivity contribution is 0.0189. The van der Waals surface area contributed by atoms with Gasteiger partial charge in [0.15, 0.2) is 0 Å². The van der Waals surface area contributed by atoms with Crippen molar-refractivity contribution in [2.45, 2.75) is 26.4 Å². The summed E-state index contributed by atoms with van der Waals surface area (Å²) in [5, 5.41) is 0. The molecule has 2 heterocycles. The predicted octanol–water partition coefficient (Wildman–Crippen LogP) is 1.34. The Hall–Kier alpha value is -1.20. The van der Waals surface area contributed by atoms with Crippen LogP contribution < -0.4 is 4.90 Å². The van der Waals surface area contributed by atoms with Gasteiger partial charge in [0.1, 0.15) is 12.1 Å². The van der Waals surface area contributed by atoms with Crippen molar-refractivity contribution < 1.29 is 9.47 Å². The van der Waals surface area contributed by atoms with Gasteiger partial charge in [0.25, 0.3) is 0 Å². The van der Waals surface area contributed by atoms with E-state index in [-0.39, 0.29) is 6.10 Å². The second-order valence-corrected chi connectivity index (χ2v) is 4.63. The first kappa shape index (κ1) is 13.2. The molecule has 100 valence electrons. The summed E-state index contributed by atoms with van der Waals surface area (Å²) >= 11 is 0. The Bertz CT molecular complexity index is 398. The first-order valence-corrected chi connectivity index (χ1v) is 6.36. The number of aryl methyl sites for hydroxylation is 1. The molecule has 1 fully saturated rings. The van der Waals surface area contributed by atoms with Crippen molar-refractivity contribution in [3.8, 4) is 0 Å². The second-order valence-electron chi connectivity index (χ2n) is 4.63. The van der Waals surface area contributed by atoms with Gasteiger partial charge in [-0.15, -0.1) is 0 Å². The molecule has 0 unspecified atom stereocenters. The maximum absolute atomic E-state index is 5.74. The fourth-order valence-corrected chi connectivity index (χ4v) is 2.18. The highest BCUT2D eigenvalue weighted by Crippen LogP contribution is 2.21. The second kappa shape index (κ2) is 6.11. The highest BCUT2D eigenvalue weighted by Gasteiger charge is 2.22. The Morgan fingerprint density at radius 3 is 3.06 bits per heavy atom. The molecule has 0 saturated carbocycles. The van der Waals surface area contributed by atoms with Gasteiger partial charge in [-0.3, -0.25) is 0 Å². The summed E-state index contributed by atoms with van der Waals surface area (Å²) in [7, 11) is 1.72. The zero-order valence-electron chi connectivity index (χ0n) is 11.3. The van der Waals surface area contributed by atoms with Gasteiger partial charge >= 0.3 is 0 Å². The van der Waals surface area contributed by atoms with E-state index in [1.54, 1.807) is 13.4 Å². The third kappa shape index (κ3) is 2.97. The summed E-state index contributed by atoms with van der Waals surface area (Å²) in [5.41, 5.74) is 2.20. The lowest BCUT2D eigenvalue weighted by Crippen LogP contribution is -2.43. The van der Waals surface area contributed by atoms with E-state index in [9.17, 15) is 0 Å². The van der Waals surface area contributed by atoms with Gasteiger partial charge in [0.05, 0.1) is 12.7 Å². The number of morpholine rings is 1. The summed E-state index contributed by atoms with van der Waals surface area (Å²) in [6.07, 6.45) is 2.79. The molecule has 1 atom stereocenters. The van der Waals surface area contributed by atoms with Gasteiger partial charge in [-0.1, -0.05) is 0 Å². The maximum atomic E-state index is 5.74. The SMILES string of the molecule is COCC[C@H]1CN(c2ncnc(C)c2C)CCO1. The van der Waals surface area contributed by atoms with Crippen LogP contribution in [-0.2, 0) is 9.47 Å². The summed E-state index contributed by atoms with van der Waals surface area (Å²) in [6.45, 7) is 7.34. The lowest BCUT2D eigenvalue weighted by Gasteiger charge is -2.34. The minimum absolute atomic E-state index is 0.230. The molecular formula is C13H21N3O2. The zero-order valence-corrected chi connectivity index (χ0v) is 11.3. The third-order valence-electron chi connectivity index (χ3n) is 3.39. The molecule has 1 saturated heterocycles. The van der Waals surface area contributed by atoms with Gasteiger partial charge in [0.2, 0.25) is 0 Å². The Kier molecular flexibility index (Phi) is 4.49. The van der Waals surface area contributed by atoms with Crippen LogP contribution in [0.5, 0.6) is 0 Å². The molecule has 1 aliphatic rings. The minimum atomic E-state index is 0.230. The summed E-state index contributed by atoms with van der Waals surface area (Å²) in [4.78, 5) is 10.9. The van der Waals surface area contributed by atoms with Gasteiger partial charge in [-0.05, 0) is 20.3 Å². The van der Waals surface area contributed by atoms with Crippen molar-refractivity contribution in [3.05, 3.63) is 17.6 Å². The average Bonchev–Trinajstić information content (AvgIpc) is 2.40. The lowest BCUT2D eigenvalue weighted by atomic mass is 10.2. The van der Waals surface area contributed by atoms with Crippen LogP contribution >= 0.6 is 0 Å². The summed E-state index contributed by atoms with van der Waals surface area (Å²) in [5.74, 6) is 1.04. The molecule has 0 amide bonds. The first-order chi connectivity index (χ1) is 8.72. The molecule has 0 radical (unpaired) electrons. The number of hydrogen-bond donors (Lipinski definition) is 0. The van der Waals surface area contributed by atoms with Gasteiger partial charge in [-0.2, -0.15) is 0 Å². The Labute approximate surface area is 108 Å². The normalized spacial score (nSPS) is 20.2. The molecule has 0 aliphatic carbocycles. The van der Waals surface area contributed by atoms with Crippen LogP contribution in [0.15, 0.2) is 6.33 Å². The van der Waals surface area contributed by atoms with Crippen LogP contribution in [0, 0.1) is 13.8 Å². The number of methoxy groups -OCH3 is 1. The Morgan fingerprint density at radius 1 is 1.44 bits per heavy atom. The number of rotatable bonds is 4. The van der Waals surface area contributed by atoms with Crippen molar-refractivity contribution in [2.75, 3.05) is 38.3 Å².